The Labute approximate surface area is 194 Å². The maximum Gasteiger partial charge on any atom is 0.305 e. The lowest BCUT2D eigenvalue weighted by atomic mass is 10.1. The van der Waals surface area contributed by atoms with Crippen LogP contribution in [0, 0.1) is 11.7 Å². The third kappa shape index (κ3) is 5.55. The molecule has 33 heavy (non-hydrogen) atoms. The predicted octanol–water partition coefficient (Wildman–Crippen LogP) is 3.55. The van der Waals surface area contributed by atoms with Gasteiger partial charge in [-0.3, -0.25) is 30.1 Å². The van der Waals surface area contributed by atoms with Gasteiger partial charge < -0.3 is 9.15 Å². The van der Waals surface area contributed by atoms with E-state index in [4.69, 9.17) is 21.4 Å². The van der Waals surface area contributed by atoms with Crippen LogP contribution in [0.3, 0.4) is 0 Å². The van der Waals surface area contributed by atoms with Gasteiger partial charge in [0.15, 0.2) is 16.4 Å². The van der Waals surface area contributed by atoms with Crippen LogP contribution in [0.15, 0.2) is 71.1 Å². The minimum atomic E-state index is -0.594. The molecule has 4 rings (SSSR count). The maximum absolute atomic E-state index is 12.4. The van der Waals surface area contributed by atoms with Crippen molar-refractivity contribution in [2.45, 2.75) is 20.1 Å². The van der Waals surface area contributed by atoms with Crippen LogP contribution in [-0.4, -0.2) is 26.6 Å². The van der Waals surface area contributed by atoms with E-state index in [1.54, 1.807) is 10.6 Å². The van der Waals surface area contributed by atoms with Crippen molar-refractivity contribution >= 4 is 24.0 Å². The van der Waals surface area contributed by atoms with E-state index in [0.717, 1.165) is 11.1 Å². The molecule has 0 unspecified atom stereocenters. The first-order valence-corrected chi connectivity index (χ1v) is 10.5. The second kappa shape index (κ2) is 9.96. The van der Waals surface area contributed by atoms with Crippen molar-refractivity contribution in [1.82, 2.24) is 25.6 Å². The highest BCUT2D eigenvalue weighted by Crippen LogP contribution is 2.18. The van der Waals surface area contributed by atoms with Gasteiger partial charge in [-0.2, -0.15) is 5.10 Å². The number of ether oxygens (including phenoxy) is 1. The van der Waals surface area contributed by atoms with E-state index in [2.05, 4.69) is 21.0 Å². The lowest BCUT2D eigenvalue weighted by molar-refractivity contribution is -0.122. The highest BCUT2D eigenvalue weighted by molar-refractivity contribution is 7.71. The fraction of sp³-hybridized carbons (Fsp3) is 0.130. The quantitative estimate of drug-likeness (QED) is 0.285. The van der Waals surface area contributed by atoms with Gasteiger partial charge in [-0.1, -0.05) is 48.0 Å². The van der Waals surface area contributed by atoms with E-state index in [1.165, 1.54) is 6.07 Å². The van der Waals surface area contributed by atoms with E-state index >= 15 is 0 Å². The van der Waals surface area contributed by atoms with Crippen LogP contribution in [0.2, 0.25) is 0 Å². The van der Waals surface area contributed by atoms with E-state index < -0.39 is 11.8 Å². The summed E-state index contributed by atoms with van der Waals surface area (Å²) in [5.41, 5.74) is 6.61. The number of nitrogens with zero attached hydrogens (tertiary/aromatic N) is 2. The molecule has 9 nitrogen and oxygen atoms in total. The largest absolute Gasteiger partial charge is 0.486 e. The van der Waals surface area contributed by atoms with Gasteiger partial charge in [0.05, 0.1) is 0 Å². The Balaban J connectivity index is 1.32. The second-order valence-corrected chi connectivity index (χ2v) is 7.56. The number of hydrogen-bond donors (Lipinski definition) is 3. The summed E-state index contributed by atoms with van der Waals surface area (Å²) in [5, 5.41) is 6.90. The summed E-state index contributed by atoms with van der Waals surface area (Å²) < 4.78 is 12.9. The number of hydrazine groups is 1. The number of hydrogen-bond acceptors (Lipinski definition) is 6. The molecule has 3 N–H and O–H groups in total. The zero-order valence-electron chi connectivity index (χ0n) is 17.7. The van der Waals surface area contributed by atoms with Crippen LogP contribution in [0.5, 0.6) is 5.75 Å². The molecule has 2 aromatic carbocycles. The molecular formula is C23H21N5O4S. The minimum absolute atomic E-state index is 0.0437. The monoisotopic (exact) mass is 463 g/mol. The third-order valence-corrected chi connectivity index (χ3v) is 5.01. The molecule has 0 bridgehead atoms. The number of benzene rings is 2. The van der Waals surface area contributed by atoms with Crippen LogP contribution < -0.4 is 15.6 Å². The van der Waals surface area contributed by atoms with Crippen LogP contribution in [-0.2, 0) is 17.9 Å². The van der Waals surface area contributed by atoms with Gasteiger partial charge in [0.1, 0.15) is 24.7 Å². The number of furan rings is 1. The Morgan fingerprint density at radius 1 is 1.06 bits per heavy atom. The fourth-order valence-corrected chi connectivity index (χ4v) is 3.20. The van der Waals surface area contributed by atoms with Crippen molar-refractivity contribution in [3.8, 4) is 17.1 Å². The van der Waals surface area contributed by atoms with Crippen molar-refractivity contribution in [2.24, 2.45) is 0 Å². The lowest BCUT2D eigenvalue weighted by Gasteiger charge is -2.09. The van der Waals surface area contributed by atoms with Gasteiger partial charge in [-0.15, -0.1) is 0 Å². The molecule has 168 valence electrons. The number of carbonyl (C=O) groups is 2. The third-order valence-electron chi connectivity index (χ3n) is 4.69. The van der Waals surface area contributed by atoms with E-state index in [0.29, 0.717) is 22.1 Å². The molecular weight excluding hydrogens is 442 g/mol. The smallest absolute Gasteiger partial charge is 0.305 e. The van der Waals surface area contributed by atoms with Gasteiger partial charge >= 0.3 is 5.91 Å². The number of amides is 2. The summed E-state index contributed by atoms with van der Waals surface area (Å²) in [5.74, 6) is 0.660. The van der Waals surface area contributed by atoms with E-state index in [-0.39, 0.29) is 18.9 Å². The molecule has 2 amide bonds. The number of para-hydroxylation sites is 1. The van der Waals surface area contributed by atoms with Crippen molar-refractivity contribution < 1.29 is 18.7 Å². The fourth-order valence-electron chi connectivity index (χ4n) is 3.01. The Kier molecular flexibility index (Phi) is 6.65. The molecule has 0 saturated heterocycles. The predicted molar refractivity (Wildman–Crippen MR) is 123 cm³/mol. The van der Waals surface area contributed by atoms with Gasteiger partial charge in [-0.05, 0) is 43.4 Å². The first-order chi connectivity index (χ1) is 16.0. The van der Waals surface area contributed by atoms with Crippen LogP contribution in [0.1, 0.15) is 21.9 Å². The van der Waals surface area contributed by atoms with Crippen molar-refractivity contribution in [3.05, 3.63) is 88.6 Å². The minimum Gasteiger partial charge on any atom is -0.486 e. The first-order valence-electron chi connectivity index (χ1n) is 10.1. The number of aryl methyl sites for hydroxylation is 1. The number of nitrogens with one attached hydrogen (secondary N) is 3. The zero-order valence-corrected chi connectivity index (χ0v) is 18.5. The van der Waals surface area contributed by atoms with Crippen LogP contribution >= 0.6 is 12.2 Å². The van der Waals surface area contributed by atoms with E-state index in [1.807, 2.05) is 61.5 Å². The normalized spacial score (nSPS) is 10.6. The number of rotatable bonds is 7. The Morgan fingerprint density at radius 3 is 2.58 bits per heavy atom. The van der Waals surface area contributed by atoms with Gasteiger partial charge in [0.25, 0.3) is 5.91 Å². The molecule has 0 aliphatic carbocycles. The summed E-state index contributed by atoms with van der Waals surface area (Å²) in [6, 6.07) is 20.1. The average Bonchev–Trinajstić information content (AvgIpc) is 3.45. The van der Waals surface area contributed by atoms with Gasteiger partial charge in [0.2, 0.25) is 0 Å². The van der Waals surface area contributed by atoms with Crippen LogP contribution in [0.4, 0.5) is 0 Å². The topological polar surface area (TPSA) is 114 Å². The molecule has 10 heteroatoms. The maximum atomic E-state index is 12.4. The second-order valence-electron chi connectivity index (χ2n) is 7.17. The Bertz CT molecular complexity index is 1310. The summed E-state index contributed by atoms with van der Waals surface area (Å²) in [4.78, 5) is 24.7. The highest BCUT2D eigenvalue weighted by Gasteiger charge is 2.15. The summed E-state index contributed by atoms with van der Waals surface area (Å²) in [7, 11) is 0. The molecule has 2 heterocycles. The number of aromatic amines is 1. The van der Waals surface area contributed by atoms with Crippen molar-refractivity contribution in [1.29, 1.82) is 0 Å². The SMILES string of the molecule is Cc1ccc(-c2n[nH]c(=S)n2CC(=O)NNC(=O)c2ccc(COc3ccccc3)o2)cc1. The Morgan fingerprint density at radius 2 is 1.82 bits per heavy atom. The van der Waals surface area contributed by atoms with Gasteiger partial charge in [-0.25, -0.2) is 0 Å². The first kappa shape index (κ1) is 22.0. The molecule has 0 aliphatic heterocycles. The number of carbonyl (C=O) groups excluding carboxylic acids is 2. The summed E-state index contributed by atoms with van der Waals surface area (Å²) in [6.45, 7) is 2.02. The Hall–Kier alpha value is -4.18. The van der Waals surface area contributed by atoms with Gasteiger partial charge in [0, 0.05) is 5.56 Å². The van der Waals surface area contributed by atoms with Crippen LogP contribution in [0.25, 0.3) is 11.4 Å². The van der Waals surface area contributed by atoms with E-state index in [9.17, 15) is 9.59 Å². The lowest BCUT2D eigenvalue weighted by Crippen LogP contribution is -2.43. The zero-order chi connectivity index (χ0) is 23.2. The standard InChI is InChI=1S/C23H21N5O4S/c1-15-7-9-16(10-8-15)21-25-27-23(33)28(21)13-20(29)24-26-22(30)19-12-11-18(32-19)14-31-17-5-3-2-4-6-17/h2-12H,13-14H2,1H3,(H,24,29)(H,26,30)(H,27,33). The molecule has 4 aromatic rings. The van der Waals surface area contributed by atoms with Crippen molar-refractivity contribution in [3.63, 3.8) is 0 Å². The molecule has 0 atom stereocenters. The molecule has 0 saturated carbocycles. The highest BCUT2D eigenvalue weighted by atomic mass is 32.1. The number of aromatic nitrogens is 3. The molecule has 0 fully saturated rings. The average molecular weight is 464 g/mol. The molecule has 0 radical (unpaired) electrons. The molecule has 2 aromatic heterocycles. The summed E-state index contributed by atoms with van der Waals surface area (Å²) in [6.07, 6.45) is 0. The number of H-pyrrole nitrogens is 1. The summed E-state index contributed by atoms with van der Waals surface area (Å²) >= 11 is 5.24. The molecule has 0 spiro atoms. The van der Waals surface area contributed by atoms with Crippen molar-refractivity contribution in [2.75, 3.05) is 0 Å². The molecule has 0 aliphatic rings.